The maximum atomic E-state index is 11.7. The fourth-order valence-electron chi connectivity index (χ4n) is 1.60. The van der Waals surface area contributed by atoms with Gasteiger partial charge in [-0.05, 0) is 17.7 Å². The summed E-state index contributed by atoms with van der Waals surface area (Å²) in [6.45, 7) is 2.02. The molecular formula is C15H15N3O. The summed E-state index contributed by atoms with van der Waals surface area (Å²) in [7, 11) is 0. The SMILES string of the molecule is C[C@@H](/C=N\NC(=O)c1ccccn1)c1ccccc1. The Balaban J connectivity index is 1.92. The van der Waals surface area contributed by atoms with Crippen LogP contribution in [-0.4, -0.2) is 17.1 Å². The zero-order valence-corrected chi connectivity index (χ0v) is 10.7. The van der Waals surface area contributed by atoms with E-state index in [0.717, 1.165) is 5.56 Å². The van der Waals surface area contributed by atoms with E-state index in [9.17, 15) is 4.79 Å². The molecular weight excluding hydrogens is 238 g/mol. The van der Waals surface area contributed by atoms with Crippen LogP contribution in [0.2, 0.25) is 0 Å². The molecule has 2 aromatic rings. The van der Waals surface area contributed by atoms with E-state index in [1.165, 1.54) is 0 Å². The van der Waals surface area contributed by atoms with Crippen LogP contribution in [0.1, 0.15) is 28.9 Å². The minimum absolute atomic E-state index is 0.144. The van der Waals surface area contributed by atoms with Crippen LogP contribution in [0.4, 0.5) is 0 Å². The Kier molecular flexibility index (Phi) is 4.39. The first-order chi connectivity index (χ1) is 9.27. The largest absolute Gasteiger partial charge is 0.289 e. The van der Waals surface area contributed by atoms with Crippen molar-refractivity contribution < 1.29 is 4.79 Å². The molecule has 0 saturated carbocycles. The van der Waals surface area contributed by atoms with Crippen molar-refractivity contribution in [3.05, 3.63) is 66.0 Å². The zero-order valence-electron chi connectivity index (χ0n) is 10.7. The first-order valence-electron chi connectivity index (χ1n) is 6.07. The molecule has 0 bridgehead atoms. The van der Waals surface area contributed by atoms with Gasteiger partial charge < -0.3 is 0 Å². The fourth-order valence-corrected chi connectivity index (χ4v) is 1.60. The van der Waals surface area contributed by atoms with E-state index in [2.05, 4.69) is 15.5 Å². The van der Waals surface area contributed by atoms with E-state index < -0.39 is 0 Å². The fraction of sp³-hybridized carbons (Fsp3) is 0.133. The molecule has 1 aromatic heterocycles. The Hall–Kier alpha value is -2.49. The minimum atomic E-state index is -0.308. The highest BCUT2D eigenvalue weighted by atomic mass is 16.2. The van der Waals surface area contributed by atoms with Crippen molar-refractivity contribution in [1.29, 1.82) is 0 Å². The molecule has 1 heterocycles. The van der Waals surface area contributed by atoms with Crippen LogP contribution < -0.4 is 5.43 Å². The first kappa shape index (κ1) is 13.0. The van der Waals surface area contributed by atoms with Gasteiger partial charge in [-0.1, -0.05) is 43.3 Å². The molecule has 0 spiro atoms. The van der Waals surface area contributed by atoms with Gasteiger partial charge in [-0.15, -0.1) is 0 Å². The smallest absolute Gasteiger partial charge is 0.266 e. The standard InChI is InChI=1S/C15H15N3O/c1-12(13-7-3-2-4-8-13)11-17-18-15(19)14-9-5-6-10-16-14/h2-12H,1H3,(H,18,19)/b17-11-/t12-/m0/s1. The van der Waals surface area contributed by atoms with Gasteiger partial charge in [-0.25, -0.2) is 5.43 Å². The van der Waals surface area contributed by atoms with Gasteiger partial charge in [-0.3, -0.25) is 9.78 Å². The highest BCUT2D eigenvalue weighted by molar-refractivity contribution is 5.92. The predicted octanol–water partition coefficient (Wildman–Crippen LogP) is 2.60. The number of carbonyl (C=O) groups excluding carboxylic acids is 1. The molecule has 0 saturated heterocycles. The van der Waals surface area contributed by atoms with Gasteiger partial charge in [0, 0.05) is 18.3 Å². The Morgan fingerprint density at radius 1 is 1.21 bits per heavy atom. The number of aromatic nitrogens is 1. The maximum Gasteiger partial charge on any atom is 0.289 e. The molecule has 96 valence electrons. The quantitative estimate of drug-likeness (QED) is 0.672. The third-order valence-electron chi connectivity index (χ3n) is 2.69. The number of amides is 1. The van der Waals surface area contributed by atoms with Crippen LogP contribution in [0.25, 0.3) is 0 Å². The highest BCUT2D eigenvalue weighted by Crippen LogP contribution is 2.11. The second-order valence-corrected chi connectivity index (χ2v) is 4.13. The number of hydrogen-bond acceptors (Lipinski definition) is 3. The van der Waals surface area contributed by atoms with E-state index >= 15 is 0 Å². The zero-order chi connectivity index (χ0) is 13.5. The maximum absolute atomic E-state index is 11.7. The Bertz CT molecular complexity index is 552. The second kappa shape index (κ2) is 6.44. The summed E-state index contributed by atoms with van der Waals surface area (Å²) >= 11 is 0. The molecule has 19 heavy (non-hydrogen) atoms. The number of rotatable bonds is 4. The molecule has 0 aliphatic heterocycles. The van der Waals surface area contributed by atoms with E-state index in [0.29, 0.717) is 5.69 Å². The van der Waals surface area contributed by atoms with Crippen molar-refractivity contribution in [3.63, 3.8) is 0 Å². The molecule has 2 rings (SSSR count). The molecule has 4 nitrogen and oxygen atoms in total. The van der Waals surface area contributed by atoms with Crippen molar-refractivity contribution >= 4 is 12.1 Å². The number of hydrazone groups is 1. The average Bonchev–Trinajstić information content (AvgIpc) is 2.49. The molecule has 1 atom stereocenters. The van der Waals surface area contributed by atoms with Gasteiger partial charge in [-0.2, -0.15) is 5.10 Å². The lowest BCUT2D eigenvalue weighted by Crippen LogP contribution is -2.19. The molecule has 1 aromatic carbocycles. The molecule has 0 aliphatic rings. The number of hydrogen-bond donors (Lipinski definition) is 1. The summed E-state index contributed by atoms with van der Waals surface area (Å²) in [6, 6.07) is 15.1. The van der Waals surface area contributed by atoms with E-state index in [1.807, 2.05) is 37.3 Å². The molecule has 0 radical (unpaired) electrons. The van der Waals surface area contributed by atoms with Crippen LogP contribution in [0.3, 0.4) is 0 Å². The van der Waals surface area contributed by atoms with Crippen molar-refractivity contribution in [2.75, 3.05) is 0 Å². The van der Waals surface area contributed by atoms with Crippen LogP contribution in [-0.2, 0) is 0 Å². The van der Waals surface area contributed by atoms with E-state index in [4.69, 9.17) is 0 Å². The van der Waals surface area contributed by atoms with Crippen molar-refractivity contribution in [3.8, 4) is 0 Å². The van der Waals surface area contributed by atoms with Gasteiger partial charge in [0.2, 0.25) is 0 Å². The summed E-state index contributed by atoms with van der Waals surface area (Å²) in [6.07, 6.45) is 3.28. The van der Waals surface area contributed by atoms with Crippen LogP contribution in [0.5, 0.6) is 0 Å². The molecule has 0 unspecified atom stereocenters. The average molecular weight is 253 g/mol. The van der Waals surface area contributed by atoms with Crippen molar-refractivity contribution in [2.24, 2.45) is 5.10 Å². The highest BCUT2D eigenvalue weighted by Gasteiger charge is 2.04. The summed E-state index contributed by atoms with van der Waals surface area (Å²) < 4.78 is 0. The van der Waals surface area contributed by atoms with Gasteiger partial charge in [0.1, 0.15) is 5.69 Å². The van der Waals surface area contributed by atoms with Gasteiger partial charge in [0.15, 0.2) is 0 Å². The van der Waals surface area contributed by atoms with Gasteiger partial charge in [0.25, 0.3) is 5.91 Å². The predicted molar refractivity (Wildman–Crippen MR) is 75.1 cm³/mol. The van der Waals surface area contributed by atoms with E-state index in [1.54, 1.807) is 30.6 Å². The normalized spacial score (nSPS) is 12.3. The van der Waals surface area contributed by atoms with Crippen molar-refractivity contribution in [1.82, 2.24) is 10.4 Å². The van der Waals surface area contributed by atoms with Crippen molar-refractivity contribution in [2.45, 2.75) is 12.8 Å². The Morgan fingerprint density at radius 2 is 1.95 bits per heavy atom. The third kappa shape index (κ3) is 3.74. The molecule has 0 fully saturated rings. The number of nitrogens with one attached hydrogen (secondary N) is 1. The summed E-state index contributed by atoms with van der Waals surface area (Å²) in [5.74, 6) is -0.164. The van der Waals surface area contributed by atoms with Gasteiger partial charge in [0.05, 0.1) is 0 Å². The topological polar surface area (TPSA) is 54.4 Å². The lowest BCUT2D eigenvalue weighted by molar-refractivity contribution is 0.0950. The summed E-state index contributed by atoms with van der Waals surface area (Å²) in [4.78, 5) is 15.6. The first-order valence-corrected chi connectivity index (χ1v) is 6.07. The van der Waals surface area contributed by atoms with Crippen LogP contribution >= 0.6 is 0 Å². The van der Waals surface area contributed by atoms with Gasteiger partial charge >= 0.3 is 0 Å². The third-order valence-corrected chi connectivity index (χ3v) is 2.69. The minimum Gasteiger partial charge on any atom is -0.266 e. The summed E-state index contributed by atoms with van der Waals surface area (Å²) in [5, 5.41) is 3.96. The lowest BCUT2D eigenvalue weighted by atomic mass is 10.0. The second-order valence-electron chi connectivity index (χ2n) is 4.13. The number of benzene rings is 1. The molecule has 4 heteroatoms. The monoisotopic (exact) mass is 253 g/mol. The Morgan fingerprint density at radius 3 is 2.63 bits per heavy atom. The van der Waals surface area contributed by atoms with Crippen LogP contribution in [0, 0.1) is 0 Å². The molecule has 1 amide bonds. The number of nitrogens with zero attached hydrogens (tertiary/aromatic N) is 2. The number of carbonyl (C=O) groups is 1. The Labute approximate surface area is 112 Å². The lowest BCUT2D eigenvalue weighted by Gasteiger charge is -2.05. The number of pyridine rings is 1. The molecule has 1 N–H and O–H groups in total. The van der Waals surface area contributed by atoms with Crippen LogP contribution in [0.15, 0.2) is 59.8 Å². The summed E-state index contributed by atoms with van der Waals surface area (Å²) in [5.41, 5.74) is 3.97. The van der Waals surface area contributed by atoms with E-state index in [-0.39, 0.29) is 11.8 Å². The molecule has 0 aliphatic carbocycles.